The fourth-order valence-electron chi connectivity index (χ4n) is 4.65. The zero-order valence-electron chi connectivity index (χ0n) is 24.0. The first-order valence-corrected chi connectivity index (χ1v) is 15.1. The second-order valence-corrected chi connectivity index (χ2v) is 11.3. The number of anilines is 2. The highest BCUT2D eigenvalue weighted by Gasteiger charge is 2.24. The van der Waals surface area contributed by atoms with Gasteiger partial charge in [0.15, 0.2) is 16.6 Å². The lowest BCUT2D eigenvalue weighted by molar-refractivity contribution is -0.115. The summed E-state index contributed by atoms with van der Waals surface area (Å²) in [5.74, 6) is 1.09. The fourth-order valence-corrected chi connectivity index (χ4v) is 6.32. The number of hydrogen-bond acceptors (Lipinski definition) is 11. The number of hydrogen-bond donors (Lipinski definition) is 2. The van der Waals surface area contributed by atoms with E-state index in [1.54, 1.807) is 12.1 Å². The highest BCUT2D eigenvalue weighted by atomic mass is 32.2. The van der Waals surface area contributed by atoms with E-state index in [1.807, 2.05) is 35.7 Å². The van der Waals surface area contributed by atoms with Crippen LogP contribution in [-0.2, 0) is 4.79 Å². The summed E-state index contributed by atoms with van der Waals surface area (Å²) >= 11 is 2.54. The molecule has 0 aliphatic rings. The van der Waals surface area contributed by atoms with Gasteiger partial charge < -0.3 is 25.3 Å². The maximum absolute atomic E-state index is 12.8. The third-order valence-electron chi connectivity index (χ3n) is 6.73. The molecule has 3 aromatic carbocycles. The molecule has 0 spiro atoms. The molecule has 5 aromatic rings. The van der Waals surface area contributed by atoms with Gasteiger partial charge in [0.05, 0.1) is 32.6 Å². The topological polar surface area (TPSA) is 156 Å². The Labute approximate surface area is 262 Å². The number of methoxy groups -OCH3 is 3. The molecule has 12 heteroatoms. The first-order chi connectivity index (χ1) is 21.4. The Morgan fingerprint density at radius 1 is 0.932 bits per heavy atom. The number of pyridine rings is 1. The van der Waals surface area contributed by atoms with E-state index in [9.17, 15) is 15.3 Å². The largest absolute Gasteiger partial charge is 0.493 e. The highest BCUT2D eigenvalue weighted by molar-refractivity contribution is 7.99. The Hall–Kier alpha value is -5.30. The molecule has 3 N–H and O–H groups in total. The summed E-state index contributed by atoms with van der Waals surface area (Å²) in [6, 6.07) is 21.7. The zero-order chi connectivity index (χ0) is 31.2. The maximum Gasteiger partial charge on any atom is 0.226 e. The minimum atomic E-state index is -0.234. The number of thiazole rings is 1. The van der Waals surface area contributed by atoms with Crippen molar-refractivity contribution in [2.24, 2.45) is 0 Å². The molecule has 2 heterocycles. The molecule has 0 unspecified atom stereocenters. The number of nitrogens with two attached hydrogens (primary N) is 1. The van der Waals surface area contributed by atoms with Gasteiger partial charge in [-0.05, 0) is 34.5 Å². The molecule has 0 bridgehead atoms. The Bertz CT molecular complexity index is 1940. The van der Waals surface area contributed by atoms with Crippen LogP contribution >= 0.6 is 23.1 Å². The molecule has 5 rings (SSSR count). The predicted octanol–water partition coefficient (Wildman–Crippen LogP) is 6.50. The summed E-state index contributed by atoms with van der Waals surface area (Å²) in [4.78, 5) is 21.7. The molecule has 220 valence electrons. The van der Waals surface area contributed by atoms with E-state index in [0.29, 0.717) is 38.7 Å². The monoisotopic (exact) mass is 622 g/mol. The summed E-state index contributed by atoms with van der Waals surface area (Å²) in [5.41, 5.74) is 8.87. The van der Waals surface area contributed by atoms with E-state index in [2.05, 4.69) is 39.6 Å². The van der Waals surface area contributed by atoms with Gasteiger partial charge in [0.1, 0.15) is 28.5 Å². The molecule has 0 atom stereocenters. The van der Waals surface area contributed by atoms with Crippen molar-refractivity contribution < 1.29 is 19.0 Å². The van der Waals surface area contributed by atoms with Crippen LogP contribution in [-0.4, -0.2) is 43.0 Å². The zero-order valence-corrected chi connectivity index (χ0v) is 25.6. The number of ether oxygens (including phenoxy) is 3. The van der Waals surface area contributed by atoms with Crippen LogP contribution in [0.3, 0.4) is 0 Å². The SMILES string of the molecule is COc1cc(-c2c(C#N)c(N)nc(SCCC(=O)Nc3nc(-c4ccc5ccccc5c4)cs3)c2C#N)cc(OC)c1OC. The van der Waals surface area contributed by atoms with E-state index in [-0.39, 0.29) is 34.8 Å². The van der Waals surface area contributed by atoms with E-state index in [0.717, 1.165) is 22.0 Å². The highest BCUT2D eigenvalue weighted by Crippen LogP contribution is 2.44. The van der Waals surface area contributed by atoms with Crippen molar-refractivity contribution in [1.29, 1.82) is 10.5 Å². The van der Waals surface area contributed by atoms with Crippen molar-refractivity contribution in [1.82, 2.24) is 9.97 Å². The quantitative estimate of drug-likeness (QED) is 0.165. The molecule has 10 nitrogen and oxygen atoms in total. The van der Waals surface area contributed by atoms with Crippen LogP contribution in [0.25, 0.3) is 33.2 Å². The van der Waals surface area contributed by atoms with Crippen molar-refractivity contribution in [2.45, 2.75) is 11.4 Å². The molecule has 0 radical (unpaired) electrons. The van der Waals surface area contributed by atoms with Crippen LogP contribution in [0.4, 0.5) is 10.9 Å². The van der Waals surface area contributed by atoms with Gasteiger partial charge in [0, 0.05) is 28.7 Å². The van der Waals surface area contributed by atoms with Crippen molar-refractivity contribution in [3.8, 4) is 51.8 Å². The van der Waals surface area contributed by atoms with E-state index in [4.69, 9.17) is 19.9 Å². The molecule has 1 amide bonds. The van der Waals surface area contributed by atoms with Crippen molar-refractivity contribution in [3.05, 3.63) is 71.1 Å². The average Bonchev–Trinajstić information content (AvgIpc) is 3.51. The van der Waals surface area contributed by atoms with E-state index in [1.165, 1.54) is 44.4 Å². The number of nitriles is 2. The van der Waals surface area contributed by atoms with E-state index < -0.39 is 0 Å². The molecule has 0 fully saturated rings. The lowest BCUT2D eigenvalue weighted by Crippen LogP contribution is -2.12. The molecule has 0 aliphatic heterocycles. The third-order valence-corrected chi connectivity index (χ3v) is 8.47. The smallest absolute Gasteiger partial charge is 0.226 e. The lowest BCUT2D eigenvalue weighted by atomic mass is 9.96. The van der Waals surface area contributed by atoms with Gasteiger partial charge in [-0.3, -0.25) is 4.79 Å². The molecule has 0 aliphatic carbocycles. The first-order valence-electron chi connectivity index (χ1n) is 13.2. The number of nitrogens with zero attached hydrogens (tertiary/aromatic N) is 4. The molecule has 0 saturated heterocycles. The van der Waals surface area contributed by atoms with Crippen molar-refractivity contribution in [3.63, 3.8) is 0 Å². The fraction of sp³-hybridized carbons (Fsp3) is 0.156. The number of carbonyl (C=O) groups is 1. The summed E-state index contributed by atoms with van der Waals surface area (Å²) in [7, 11) is 4.43. The van der Waals surface area contributed by atoms with Gasteiger partial charge in [0.25, 0.3) is 0 Å². The van der Waals surface area contributed by atoms with Gasteiger partial charge >= 0.3 is 0 Å². The Morgan fingerprint density at radius 3 is 2.30 bits per heavy atom. The van der Waals surface area contributed by atoms with Gasteiger partial charge in [-0.2, -0.15) is 10.5 Å². The van der Waals surface area contributed by atoms with Crippen LogP contribution in [0.5, 0.6) is 17.2 Å². The van der Waals surface area contributed by atoms with Crippen molar-refractivity contribution >= 4 is 50.7 Å². The van der Waals surface area contributed by atoms with Gasteiger partial charge in [-0.25, -0.2) is 9.97 Å². The number of nitrogen functional groups attached to an aromatic ring is 1. The van der Waals surface area contributed by atoms with Gasteiger partial charge in [-0.15, -0.1) is 23.1 Å². The Balaban J connectivity index is 1.33. The summed E-state index contributed by atoms with van der Waals surface area (Å²) in [6.07, 6.45) is 0.127. The number of nitrogens with one attached hydrogen (secondary N) is 1. The van der Waals surface area contributed by atoms with Gasteiger partial charge in [0.2, 0.25) is 11.7 Å². The Kier molecular flexibility index (Phi) is 9.15. The first kappa shape index (κ1) is 30.2. The predicted molar refractivity (Wildman–Crippen MR) is 172 cm³/mol. The van der Waals surface area contributed by atoms with Crippen LogP contribution in [0.2, 0.25) is 0 Å². The molecular formula is C32H26N6O4S2. The summed E-state index contributed by atoms with van der Waals surface area (Å²) in [6.45, 7) is 0. The Morgan fingerprint density at radius 2 is 1.64 bits per heavy atom. The average molecular weight is 623 g/mol. The number of thioether (sulfide) groups is 1. The number of fused-ring (bicyclic) bond motifs is 1. The maximum atomic E-state index is 12.8. The van der Waals surface area contributed by atoms with Crippen LogP contribution in [0, 0.1) is 22.7 Å². The number of rotatable bonds is 10. The normalized spacial score (nSPS) is 10.6. The lowest BCUT2D eigenvalue weighted by Gasteiger charge is -2.17. The minimum Gasteiger partial charge on any atom is -0.493 e. The summed E-state index contributed by atoms with van der Waals surface area (Å²) < 4.78 is 16.3. The van der Waals surface area contributed by atoms with Crippen molar-refractivity contribution in [2.75, 3.05) is 38.1 Å². The summed E-state index contributed by atoms with van der Waals surface area (Å²) in [5, 5.41) is 27.9. The number of benzene rings is 3. The number of carbonyl (C=O) groups excluding carboxylic acids is 1. The third kappa shape index (κ3) is 6.08. The van der Waals surface area contributed by atoms with Crippen LogP contribution in [0.1, 0.15) is 17.5 Å². The molecule has 2 aromatic heterocycles. The second-order valence-electron chi connectivity index (χ2n) is 9.31. The van der Waals surface area contributed by atoms with Crippen LogP contribution < -0.4 is 25.3 Å². The minimum absolute atomic E-state index is 0.0359. The number of aromatic nitrogens is 2. The van der Waals surface area contributed by atoms with E-state index >= 15 is 0 Å². The molecular weight excluding hydrogens is 597 g/mol. The molecule has 0 saturated carbocycles. The standard InChI is InChI=1S/C32H26N6O4S2/c1-40-25-13-21(14-26(41-2)29(25)42-3)28-22(15-33)30(35)38-31(23(28)16-34)43-11-10-27(39)37-32-36-24(17-44-32)20-9-8-18-6-4-5-7-19(18)12-20/h4-9,12-14,17H,10-11H2,1-3H3,(H2,35,38)(H,36,37,39). The molecule has 44 heavy (non-hydrogen) atoms. The van der Waals surface area contributed by atoms with Crippen LogP contribution in [0.15, 0.2) is 65.0 Å². The van der Waals surface area contributed by atoms with Gasteiger partial charge in [-0.1, -0.05) is 36.4 Å². The number of amides is 1. The second kappa shape index (κ2) is 13.3.